The summed E-state index contributed by atoms with van der Waals surface area (Å²) in [6.45, 7) is 8.49. The zero-order valence-corrected chi connectivity index (χ0v) is 14.7. The number of hydrogen-bond donors (Lipinski definition) is 1. The number of methoxy groups -OCH3 is 1. The van der Waals surface area contributed by atoms with Crippen molar-refractivity contribution < 1.29 is 4.74 Å². The molecule has 0 aromatic carbocycles. The van der Waals surface area contributed by atoms with E-state index in [1.807, 2.05) is 11.3 Å². The summed E-state index contributed by atoms with van der Waals surface area (Å²) in [4.78, 5) is 4.90. The molecule has 0 radical (unpaired) electrons. The maximum absolute atomic E-state index is 5.20. The fourth-order valence-electron chi connectivity index (χ4n) is 3.26. The van der Waals surface area contributed by atoms with Gasteiger partial charge in [-0.15, -0.1) is 11.3 Å². The smallest absolute Gasteiger partial charge is 0.110 e. The highest BCUT2D eigenvalue weighted by molar-refractivity contribution is 7.09. The Morgan fingerprint density at radius 3 is 2.86 bits per heavy atom. The van der Waals surface area contributed by atoms with Crippen molar-refractivity contribution in [1.29, 1.82) is 0 Å². The third kappa shape index (κ3) is 4.76. The molecule has 0 bridgehead atoms. The van der Waals surface area contributed by atoms with E-state index in [2.05, 4.69) is 31.5 Å². The summed E-state index contributed by atoms with van der Waals surface area (Å²) in [5.74, 6) is 2.08. The number of aromatic nitrogens is 1. The summed E-state index contributed by atoms with van der Waals surface area (Å²) in [6.07, 6.45) is 5.39. The summed E-state index contributed by atoms with van der Waals surface area (Å²) in [7, 11) is 1.76. The molecule has 1 fully saturated rings. The summed E-state index contributed by atoms with van der Waals surface area (Å²) >= 11 is 1.82. The second kappa shape index (κ2) is 8.25. The molecule has 0 amide bonds. The average molecular weight is 311 g/mol. The minimum atomic E-state index is 0.403. The van der Waals surface area contributed by atoms with Crippen molar-refractivity contribution >= 4 is 11.3 Å². The van der Waals surface area contributed by atoms with Gasteiger partial charge in [-0.25, -0.2) is 4.98 Å². The lowest BCUT2D eigenvalue weighted by Crippen LogP contribution is -2.33. The molecule has 120 valence electrons. The van der Waals surface area contributed by atoms with E-state index >= 15 is 0 Å². The van der Waals surface area contributed by atoms with E-state index in [1.165, 1.54) is 36.4 Å². The number of thiazole rings is 1. The molecule has 2 rings (SSSR count). The maximum atomic E-state index is 5.20. The molecule has 1 aliphatic carbocycles. The molecule has 1 heterocycles. The lowest BCUT2D eigenvalue weighted by Gasteiger charge is -2.33. The van der Waals surface area contributed by atoms with Crippen molar-refractivity contribution in [2.45, 2.75) is 58.4 Å². The van der Waals surface area contributed by atoms with Crippen LogP contribution in [0.25, 0.3) is 0 Å². The largest absolute Gasteiger partial charge is 0.383 e. The first-order chi connectivity index (χ1) is 10.1. The molecule has 1 aromatic heterocycles. The van der Waals surface area contributed by atoms with Gasteiger partial charge in [-0.1, -0.05) is 33.6 Å². The highest BCUT2D eigenvalue weighted by atomic mass is 32.1. The second-order valence-electron chi connectivity index (χ2n) is 6.72. The molecular weight excluding hydrogens is 280 g/mol. The first kappa shape index (κ1) is 16.9. The minimum Gasteiger partial charge on any atom is -0.383 e. The van der Waals surface area contributed by atoms with E-state index in [0.29, 0.717) is 12.0 Å². The van der Waals surface area contributed by atoms with Gasteiger partial charge in [-0.3, -0.25) is 0 Å². The Morgan fingerprint density at radius 2 is 2.24 bits per heavy atom. The predicted octanol–water partition coefficient (Wildman–Crippen LogP) is 4.37. The van der Waals surface area contributed by atoms with E-state index < -0.39 is 0 Å². The lowest BCUT2D eigenvalue weighted by atomic mass is 9.78. The van der Waals surface area contributed by atoms with Gasteiger partial charge in [0.15, 0.2) is 0 Å². The van der Waals surface area contributed by atoms with Crippen molar-refractivity contribution in [2.24, 2.45) is 11.8 Å². The minimum absolute atomic E-state index is 0.403. The standard InChI is InChI=1S/C17H30N2OS/c1-12(2)15-11-21-17(19-15)16(18-8-9-20-4)14-7-5-6-13(3)10-14/h11-14,16,18H,5-10H2,1-4H3. The van der Waals surface area contributed by atoms with Crippen molar-refractivity contribution in [3.05, 3.63) is 16.1 Å². The average Bonchev–Trinajstić information content (AvgIpc) is 2.93. The van der Waals surface area contributed by atoms with Gasteiger partial charge in [-0.2, -0.15) is 0 Å². The zero-order chi connectivity index (χ0) is 15.2. The normalized spacial score (nSPS) is 24.4. The number of rotatable bonds is 7. The van der Waals surface area contributed by atoms with Gasteiger partial charge in [0.25, 0.3) is 0 Å². The van der Waals surface area contributed by atoms with Crippen LogP contribution in [0.3, 0.4) is 0 Å². The molecular formula is C17H30N2OS. The predicted molar refractivity (Wildman–Crippen MR) is 89.9 cm³/mol. The first-order valence-electron chi connectivity index (χ1n) is 8.29. The van der Waals surface area contributed by atoms with Gasteiger partial charge in [0.2, 0.25) is 0 Å². The molecule has 3 unspecified atom stereocenters. The van der Waals surface area contributed by atoms with Gasteiger partial charge in [0.05, 0.1) is 18.3 Å². The van der Waals surface area contributed by atoms with Gasteiger partial charge in [-0.05, 0) is 30.6 Å². The molecule has 0 saturated heterocycles. The molecule has 1 N–H and O–H groups in total. The van der Waals surface area contributed by atoms with Gasteiger partial charge in [0.1, 0.15) is 5.01 Å². The quantitative estimate of drug-likeness (QED) is 0.759. The molecule has 21 heavy (non-hydrogen) atoms. The van der Waals surface area contributed by atoms with Crippen molar-refractivity contribution in [3.63, 3.8) is 0 Å². The Morgan fingerprint density at radius 1 is 1.43 bits per heavy atom. The Hall–Kier alpha value is -0.450. The molecule has 4 heteroatoms. The number of hydrogen-bond acceptors (Lipinski definition) is 4. The molecule has 3 atom stereocenters. The Labute approximate surface area is 133 Å². The third-order valence-electron chi connectivity index (χ3n) is 4.52. The fourth-order valence-corrected chi connectivity index (χ4v) is 4.41. The van der Waals surface area contributed by atoms with E-state index in [4.69, 9.17) is 9.72 Å². The van der Waals surface area contributed by atoms with Crippen molar-refractivity contribution in [3.8, 4) is 0 Å². The van der Waals surface area contributed by atoms with E-state index in [1.54, 1.807) is 7.11 Å². The van der Waals surface area contributed by atoms with Gasteiger partial charge >= 0.3 is 0 Å². The summed E-state index contributed by atoms with van der Waals surface area (Å²) < 4.78 is 5.20. The Balaban J connectivity index is 2.09. The van der Waals surface area contributed by atoms with Crippen LogP contribution in [0.5, 0.6) is 0 Å². The third-order valence-corrected chi connectivity index (χ3v) is 5.46. The van der Waals surface area contributed by atoms with Crippen LogP contribution in [0.2, 0.25) is 0 Å². The molecule has 1 saturated carbocycles. The van der Waals surface area contributed by atoms with Crippen LogP contribution in [0.15, 0.2) is 5.38 Å². The SMILES string of the molecule is COCCNC(c1nc(C(C)C)cs1)C1CCCC(C)C1. The molecule has 0 aliphatic heterocycles. The number of nitrogens with one attached hydrogen (secondary N) is 1. The van der Waals surface area contributed by atoms with Crippen LogP contribution in [-0.4, -0.2) is 25.2 Å². The van der Waals surface area contributed by atoms with Gasteiger partial charge < -0.3 is 10.1 Å². The van der Waals surface area contributed by atoms with Crippen LogP contribution in [0.4, 0.5) is 0 Å². The topological polar surface area (TPSA) is 34.1 Å². The lowest BCUT2D eigenvalue weighted by molar-refractivity contribution is 0.177. The van der Waals surface area contributed by atoms with E-state index in [9.17, 15) is 0 Å². The zero-order valence-electron chi connectivity index (χ0n) is 13.9. The number of ether oxygens (including phenoxy) is 1. The molecule has 1 aliphatic rings. The fraction of sp³-hybridized carbons (Fsp3) is 0.824. The van der Waals surface area contributed by atoms with Crippen LogP contribution < -0.4 is 5.32 Å². The van der Waals surface area contributed by atoms with Crippen molar-refractivity contribution in [1.82, 2.24) is 10.3 Å². The Kier molecular flexibility index (Phi) is 6.65. The van der Waals surface area contributed by atoms with Crippen LogP contribution in [-0.2, 0) is 4.74 Å². The summed E-state index contributed by atoms with van der Waals surface area (Å²) in [5.41, 5.74) is 1.23. The number of nitrogens with zero attached hydrogens (tertiary/aromatic N) is 1. The van der Waals surface area contributed by atoms with Crippen molar-refractivity contribution in [2.75, 3.05) is 20.3 Å². The molecule has 3 nitrogen and oxygen atoms in total. The monoisotopic (exact) mass is 310 g/mol. The second-order valence-corrected chi connectivity index (χ2v) is 7.61. The summed E-state index contributed by atoms with van der Waals surface area (Å²) in [6, 6.07) is 0.403. The molecule has 1 aromatic rings. The highest BCUT2D eigenvalue weighted by Gasteiger charge is 2.29. The molecule has 0 spiro atoms. The van der Waals surface area contributed by atoms with Crippen LogP contribution in [0.1, 0.15) is 69.1 Å². The Bertz CT molecular complexity index is 419. The van der Waals surface area contributed by atoms with E-state index in [0.717, 1.165) is 25.0 Å². The van der Waals surface area contributed by atoms with Crippen LogP contribution in [0, 0.1) is 11.8 Å². The summed E-state index contributed by atoms with van der Waals surface area (Å²) in [5, 5.41) is 7.21. The maximum Gasteiger partial charge on any atom is 0.110 e. The van der Waals surface area contributed by atoms with E-state index in [-0.39, 0.29) is 0 Å². The first-order valence-corrected chi connectivity index (χ1v) is 9.17. The van der Waals surface area contributed by atoms with Gasteiger partial charge in [0, 0.05) is 19.0 Å². The van der Waals surface area contributed by atoms with Crippen LogP contribution >= 0.6 is 11.3 Å². The highest BCUT2D eigenvalue weighted by Crippen LogP contribution is 2.38.